The lowest BCUT2D eigenvalue weighted by Crippen LogP contribution is -2.45. The number of anilines is 1. The molecule has 0 saturated heterocycles. The minimum Gasteiger partial charge on any atom is -0.339 e. The van der Waals surface area contributed by atoms with E-state index in [1.165, 1.54) is 11.3 Å². The molecule has 1 heterocycles. The first-order valence-corrected chi connectivity index (χ1v) is 11.5. The van der Waals surface area contributed by atoms with E-state index in [0.717, 1.165) is 5.56 Å². The van der Waals surface area contributed by atoms with Crippen molar-refractivity contribution >= 4 is 34.7 Å². The van der Waals surface area contributed by atoms with Crippen LogP contribution in [-0.4, -0.2) is 41.8 Å². The first-order valence-electron chi connectivity index (χ1n) is 10.6. The van der Waals surface area contributed by atoms with Crippen LogP contribution >= 0.6 is 11.3 Å². The molecule has 0 radical (unpaired) electrons. The first kappa shape index (κ1) is 23.2. The van der Waals surface area contributed by atoms with Crippen molar-refractivity contribution < 1.29 is 14.4 Å². The highest BCUT2D eigenvalue weighted by Gasteiger charge is 2.23. The van der Waals surface area contributed by atoms with Crippen LogP contribution in [0.2, 0.25) is 0 Å². The highest BCUT2D eigenvalue weighted by Crippen LogP contribution is 2.15. The van der Waals surface area contributed by atoms with E-state index in [2.05, 4.69) is 10.6 Å². The number of nitrogens with one attached hydrogen (secondary N) is 2. The van der Waals surface area contributed by atoms with Crippen LogP contribution in [-0.2, 0) is 11.2 Å². The maximum absolute atomic E-state index is 13.1. The van der Waals surface area contributed by atoms with Gasteiger partial charge in [-0.25, -0.2) is 0 Å². The lowest BCUT2D eigenvalue weighted by molar-refractivity contribution is -0.118. The number of hydrogen-bond donors (Lipinski definition) is 2. The van der Waals surface area contributed by atoms with Crippen molar-refractivity contribution in [3.05, 3.63) is 88.1 Å². The van der Waals surface area contributed by atoms with E-state index >= 15 is 0 Å². The molecule has 2 aromatic carbocycles. The van der Waals surface area contributed by atoms with Crippen LogP contribution in [0.15, 0.2) is 72.1 Å². The average molecular weight is 450 g/mol. The summed E-state index contributed by atoms with van der Waals surface area (Å²) in [5.74, 6) is -0.717. The number of hydrogen-bond acceptors (Lipinski definition) is 4. The lowest BCUT2D eigenvalue weighted by atomic mass is 10.0. The summed E-state index contributed by atoms with van der Waals surface area (Å²) >= 11 is 1.32. The van der Waals surface area contributed by atoms with Gasteiger partial charge in [0.1, 0.15) is 6.04 Å². The van der Waals surface area contributed by atoms with Crippen molar-refractivity contribution in [3.63, 3.8) is 0 Å². The fourth-order valence-corrected chi connectivity index (χ4v) is 3.98. The van der Waals surface area contributed by atoms with Gasteiger partial charge in [-0.15, -0.1) is 11.3 Å². The van der Waals surface area contributed by atoms with E-state index < -0.39 is 6.04 Å². The van der Waals surface area contributed by atoms with Gasteiger partial charge in [0.05, 0.1) is 4.88 Å². The molecule has 6 nitrogen and oxygen atoms in total. The summed E-state index contributed by atoms with van der Waals surface area (Å²) in [4.78, 5) is 40.7. The minimum atomic E-state index is -0.769. The molecule has 0 saturated carbocycles. The second-order valence-electron chi connectivity index (χ2n) is 7.24. The number of benzene rings is 2. The Bertz CT molecular complexity index is 1050. The number of amides is 3. The second kappa shape index (κ2) is 11.2. The fourth-order valence-electron chi connectivity index (χ4n) is 3.35. The van der Waals surface area contributed by atoms with E-state index in [9.17, 15) is 14.4 Å². The molecule has 2 N–H and O–H groups in total. The molecule has 3 rings (SSSR count). The van der Waals surface area contributed by atoms with Gasteiger partial charge in [-0.3, -0.25) is 14.4 Å². The number of carbonyl (C=O) groups is 3. The van der Waals surface area contributed by atoms with E-state index in [0.29, 0.717) is 35.6 Å². The highest BCUT2D eigenvalue weighted by atomic mass is 32.1. The maximum atomic E-state index is 13.1. The van der Waals surface area contributed by atoms with Gasteiger partial charge in [-0.2, -0.15) is 0 Å². The average Bonchev–Trinajstić information content (AvgIpc) is 3.35. The molecule has 0 aliphatic rings. The standard InChI is InChI=1S/C25H27N3O3S/c1-3-28(4-2)25(31)19-12-8-13-20(17-19)26-23(29)21(16-18-10-6-5-7-11-18)27-24(30)22-14-9-15-32-22/h5-15,17,21H,3-4,16H2,1-2H3,(H,26,29)(H,27,30). The predicted molar refractivity (Wildman–Crippen MR) is 128 cm³/mol. The maximum Gasteiger partial charge on any atom is 0.262 e. The molecule has 166 valence electrons. The largest absolute Gasteiger partial charge is 0.339 e. The zero-order valence-corrected chi connectivity index (χ0v) is 19.0. The van der Waals surface area contributed by atoms with Gasteiger partial charge in [0.25, 0.3) is 11.8 Å². The molecule has 0 fully saturated rings. The van der Waals surface area contributed by atoms with E-state index in [-0.39, 0.29) is 17.7 Å². The summed E-state index contributed by atoms with van der Waals surface area (Å²) in [5.41, 5.74) is 1.95. The zero-order valence-electron chi connectivity index (χ0n) is 18.2. The number of nitrogens with zero attached hydrogens (tertiary/aromatic N) is 1. The summed E-state index contributed by atoms with van der Waals surface area (Å²) in [6.07, 6.45) is 0.349. The zero-order chi connectivity index (χ0) is 22.9. The van der Waals surface area contributed by atoms with Gasteiger partial charge >= 0.3 is 0 Å². The van der Waals surface area contributed by atoms with Crippen LogP contribution in [0.5, 0.6) is 0 Å². The third-order valence-corrected chi connectivity index (χ3v) is 5.95. The number of rotatable bonds is 9. The van der Waals surface area contributed by atoms with Gasteiger partial charge in [0.2, 0.25) is 5.91 Å². The van der Waals surface area contributed by atoms with Crippen LogP contribution in [0.3, 0.4) is 0 Å². The Morgan fingerprint density at radius 3 is 2.34 bits per heavy atom. The SMILES string of the molecule is CCN(CC)C(=O)c1cccc(NC(=O)C(Cc2ccccc2)NC(=O)c2cccs2)c1. The van der Waals surface area contributed by atoms with Crippen LogP contribution in [0, 0.1) is 0 Å². The Labute approximate surface area is 192 Å². The molecule has 7 heteroatoms. The molecular weight excluding hydrogens is 422 g/mol. The second-order valence-corrected chi connectivity index (χ2v) is 8.19. The van der Waals surface area contributed by atoms with Gasteiger partial charge in [0, 0.05) is 30.8 Å². The van der Waals surface area contributed by atoms with Crippen LogP contribution < -0.4 is 10.6 Å². The van der Waals surface area contributed by atoms with Crippen molar-refractivity contribution in [3.8, 4) is 0 Å². The molecule has 1 unspecified atom stereocenters. The van der Waals surface area contributed by atoms with E-state index in [1.54, 1.807) is 41.3 Å². The van der Waals surface area contributed by atoms with Crippen molar-refractivity contribution in [1.82, 2.24) is 10.2 Å². The summed E-state index contributed by atoms with van der Waals surface area (Å²) in [7, 11) is 0. The fraction of sp³-hybridized carbons (Fsp3) is 0.240. The molecule has 0 aliphatic carbocycles. The normalized spacial score (nSPS) is 11.4. The highest BCUT2D eigenvalue weighted by molar-refractivity contribution is 7.12. The van der Waals surface area contributed by atoms with Crippen molar-refractivity contribution in [2.24, 2.45) is 0 Å². The number of thiophene rings is 1. The van der Waals surface area contributed by atoms with Crippen LogP contribution in [0.25, 0.3) is 0 Å². The molecule has 0 spiro atoms. The van der Waals surface area contributed by atoms with Crippen molar-refractivity contribution in [2.75, 3.05) is 18.4 Å². The quantitative estimate of drug-likeness (QED) is 0.514. The third-order valence-electron chi connectivity index (χ3n) is 5.08. The first-order chi connectivity index (χ1) is 15.5. The Morgan fingerprint density at radius 1 is 0.938 bits per heavy atom. The Hall–Kier alpha value is -3.45. The van der Waals surface area contributed by atoms with Gasteiger partial charge in [-0.1, -0.05) is 42.5 Å². The lowest BCUT2D eigenvalue weighted by Gasteiger charge is -2.20. The van der Waals surface area contributed by atoms with Crippen LogP contribution in [0.4, 0.5) is 5.69 Å². The van der Waals surface area contributed by atoms with Crippen LogP contribution in [0.1, 0.15) is 39.4 Å². The minimum absolute atomic E-state index is 0.0852. The summed E-state index contributed by atoms with van der Waals surface area (Å²) in [6, 6.07) is 19.2. The topological polar surface area (TPSA) is 78.5 Å². The summed E-state index contributed by atoms with van der Waals surface area (Å²) in [6.45, 7) is 5.08. The Morgan fingerprint density at radius 2 is 1.69 bits per heavy atom. The predicted octanol–water partition coefficient (Wildman–Crippen LogP) is 4.21. The summed E-state index contributed by atoms with van der Waals surface area (Å²) in [5, 5.41) is 7.53. The van der Waals surface area contributed by atoms with Gasteiger partial charge in [0.15, 0.2) is 0 Å². The molecule has 0 aliphatic heterocycles. The summed E-state index contributed by atoms with van der Waals surface area (Å²) < 4.78 is 0. The van der Waals surface area contributed by atoms with E-state index in [1.807, 2.05) is 49.6 Å². The Kier molecular flexibility index (Phi) is 8.16. The smallest absolute Gasteiger partial charge is 0.262 e. The molecule has 1 atom stereocenters. The molecular formula is C25H27N3O3S. The Balaban J connectivity index is 1.78. The van der Waals surface area contributed by atoms with Gasteiger partial charge < -0.3 is 15.5 Å². The molecule has 0 bridgehead atoms. The third kappa shape index (κ3) is 6.04. The van der Waals surface area contributed by atoms with E-state index in [4.69, 9.17) is 0 Å². The van der Waals surface area contributed by atoms with Gasteiger partial charge in [-0.05, 0) is 49.1 Å². The molecule has 1 aromatic heterocycles. The monoisotopic (exact) mass is 449 g/mol. The van der Waals surface area contributed by atoms with Crippen molar-refractivity contribution in [2.45, 2.75) is 26.3 Å². The molecule has 3 amide bonds. The van der Waals surface area contributed by atoms with Crippen molar-refractivity contribution in [1.29, 1.82) is 0 Å². The number of carbonyl (C=O) groups excluding carboxylic acids is 3. The molecule has 3 aromatic rings. The molecule has 32 heavy (non-hydrogen) atoms.